The first-order valence-corrected chi connectivity index (χ1v) is 9.76. The van der Waals surface area contributed by atoms with Gasteiger partial charge in [0, 0.05) is 18.8 Å². The first kappa shape index (κ1) is 17.4. The van der Waals surface area contributed by atoms with E-state index in [2.05, 4.69) is 10.6 Å². The molecule has 3 aliphatic heterocycles. The van der Waals surface area contributed by atoms with Crippen LogP contribution in [-0.2, 0) is 25.5 Å². The number of nitrogens with one attached hydrogen (secondary N) is 2. The van der Waals surface area contributed by atoms with Crippen molar-refractivity contribution in [1.82, 2.24) is 10.2 Å². The van der Waals surface area contributed by atoms with Crippen LogP contribution in [0.2, 0.25) is 0 Å². The summed E-state index contributed by atoms with van der Waals surface area (Å²) in [6.07, 6.45) is 5.95. The monoisotopic (exact) mass is 381 g/mol. The summed E-state index contributed by atoms with van der Waals surface area (Å²) in [5, 5.41) is 5.88. The van der Waals surface area contributed by atoms with Crippen LogP contribution in [0.1, 0.15) is 18.4 Å². The maximum atomic E-state index is 12.9. The molecule has 4 atom stereocenters. The number of amides is 3. The third-order valence-corrected chi connectivity index (χ3v) is 6.12. The fourth-order valence-electron chi connectivity index (χ4n) is 4.61. The fraction of sp³-hybridized carbons (Fsp3) is 0.476. The molecular weight excluding hydrogens is 358 g/mol. The number of likely N-dealkylation sites (N-methyl/N-ethyl adjacent to an activating group) is 1. The van der Waals surface area contributed by atoms with Gasteiger partial charge in [-0.1, -0.05) is 24.3 Å². The molecule has 3 amide bonds. The van der Waals surface area contributed by atoms with Gasteiger partial charge in [0.05, 0.1) is 30.9 Å². The first-order chi connectivity index (χ1) is 13.4. The molecule has 4 aliphatic rings. The van der Waals surface area contributed by atoms with Crippen LogP contribution >= 0.6 is 0 Å². The van der Waals surface area contributed by atoms with E-state index in [1.165, 1.54) is 0 Å². The lowest BCUT2D eigenvalue weighted by molar-refractivity contribution is -0.134. The Balaban J connectivity index is 1.25. The number of carbonyl (C=O) groups excluding carboxylic acids is 3. The molecule has 0 radical (unpaired) electrons. The zero-order chi connectivity index (χ0) is 19.5. The second kappa shape index (κ2) is 6.17. The summed E-state index contributed by atoms with van der Waals surface area (Å²) in [6, 6.07) is 7.62. The maximum absolute atomic E-state index is 12.9. The van der Waals surface area contributed by atoms with Gasteiger partial charge in [0.1, 0.15) is 5.60 Å². The second-order valence-electron chi connectivity index (χ2n) is 8.30. The number of fused-ring (bicyclic) bond motifs is 1. The third kappa shape index (κ3) is 2.81. The Hall–Kier alpha value is -2.67. The Morgan fingerprint density at radius 2 is 2.00 bits per heavy atom. The summed E-state index contributed by atoms with van der Waals surface area (Å²) < 4.78 is 6.02. The van der Waals surface area contributed by atoms with Gasteiger partial charge in [-0.2, -0.15) is 0 Å². The lowest BCUT2D eigenvalue weighted by atomic mass is 9.77. The van der Waals surface area contributed by atoms with Gasteiger partial charge in [-0.25, -0.2) is 0 Å². The van der Waals surface area contributed by atoms with Crippen LogP contribution in [-0.4, -0.2) is 54.0 Å². The molecule has 3 heterocycles. The molecule has 1 aromatic carbocycles. The number of likely N-dealkylation sites (tertiary alicyclic amines) is 1. The number of benzene rings is 1. The first-order valence-electron chi connectivity index (χ1n) is 9.76. The van der Waals surface area contributed by atoms with Crippen molar-refractivity contribution in [3.63, 3.8) is 0 Å². The standard InChI is InChI=1S/C21H23N3O4/c1-24-11-21-9-8-15(28-21)17(18(21)20(24)27)19(26)23-14-4-2-12(3-5-14)10-16(25)22-13-6-7-13/h2-5,8-9,13,15,17-18H,6-7,10-11H2,1H3,(H,22,25)(H,23,26)/t15-,17-,18+,21-/m0/s1. The largest absolute Gasteiger partial charge is 0.360 e. The van der Waals surface area contributed by atoms with E-state index in [0.29, 0.717) is 24.7 Å². The Morgan fingerprint density at radius 3 is 2.71 bits per heavy atom. The summed E-state index contributed by atoms with van der Waals surface area (Å²) in [6.45, 7) is 0.491. The van der Waals surface area contributed by atoms with E-state index < -0.39 is 17.4 Å². The summed E-state index contributed by atoms with van der Waals surface area (Å²) in [5.41, 5.74) is 0.891. The van der Waals surface area contributed by atoms with Crippen molar-refractivity contribution in [2.45, 2.75) is 37.0 Å². The Bertz CT molecular complexity index is 876. The molecule has 146 valence electrons. The molecule has 28 heavy (non-hydrogen) atoms. The molecule has 7 nitrogen and oxygen atoms in total. The van der Waals surface area contributed by atoms with Crippen LogP contribution in [0.3, 0.4) is 0 Å². The molecule has 1 saturated carbocycles. The topological polar surface area (TPSA) is 87.7 Å². The van der Waals surface area contributed by atoms with E-state index in [0.717, 1.165) is 18.4 Å². The number of hydrogen-bond acceptors (Lipinski definition) is 4. The Morgan fingerprint density at radius 1 is 1.25 bits per heavy atom. The predicted molar refractivity (Wildman–Crippen MR) is 101 cm³/mol. The van der Waals surface area contributed by atoms with E-state index in [1.807, 2.05) is 24.3 Å². The van der Waals surface area contributed by atoms with E-state index in [-0.39, 0.29) is 23.8 Å². The minimum Gasteiger partial charge on any atom is -0.360 e. The SMILES string of the molecule is CN1C[C@]23C=C[C@H](O2)[C@H](C(=O)Nc2ccc(CC(=O)NC4CC4)cc2)[C@@H]3C1=O. The maximum Gasteiger partial charge on any atom is 0.231 e. The normalized spacial score (nSPS) is 32.5. The molecule has 2 bridgehead atoms. The molecule has 0 unspecified atom stereocenters. The van der Waals surface area contributed by atoms with Gasteiger partial charge in [0.2, 0.25) is 17.7 Å². The van der Waals surface area contributed by atoms with Crippen LogP contribution in [0.15, 0.2) is 36.4 Å². The van der Waals surface area contributed by atoms with Crippen LogP contribution in [0.4, 0.5) is 5.69 Å². The molecule has 7 heteroatoms. The molecule has 0 aromatic heterocycles. The van der Waals surface area contributed by atoms with Gasteiger partial charge < -0.3 is 20.3 Å². The van der Waals surface area contributed by atoms with Crippen molar-refractivity contribution >= 4 is 23.4 Å². The highest BCUT2D eigenvalue weighted by Gasteiger charge is 2.66. The average Bonchev–Trinajstić information content (AvgIpc) is 3.21. The lowest BCUT2D eigenvalue weighted by Crippen LogP contribution is -2.41. The van der Waals surface area contributed by atoms with Gasteiger partial charge in [0.25, 0.3) is 0 Å². The van der Waals surface area contributed by atoms with E-state index in [4.69, 9.17) is 4.74 Å². The van der Waals surface area contributed by atoms with E-state index in [1.54, 1.807) is 24.1 Å². The summed E-state index contributed by atoms with van der Waals surface area (Å²) in [5.74, 6) is -1.20. The number of carbonyl (C=O) groups is 3. The number of rotatable bonds is 5. The van der Waals surface area contributed by atoms with Crippen LogP contribution in [0.25, 0.3) is 0 Å². The highest BCUT2D eigenvalue weighted by atomic mass is 16.5. The minimum atomic E-state index is -0.655. The molecule has 2 saturated heterocycles. The zero-order valence-corrected chi connectivity index (χ0v) is 15.7. The zero-order valence-electron chi connectivity index (χ0n) is 15.7. The van der Waals surface area contributed by atoms with Crippen molar-refractivity contribution in [3.8, 4) is 0 Å². The van der Waals surface area contributed by atoms with Gasteiger partial charge >= 0.3 is 0 Å². The minimum absolute atomic E-state index is 0.0272. The summed E-state index contributed by atoms with van der Waals surface area (Å²) in [7, 11) is 1.74. The smallest absolute Gasteiger partial charge is 0.231 e. The molecule has 2 N–H and O–H groups in total. The number of anilines is 1. The van der Waals surface area contributed by atoms with Crippen molar-refractivity contribution in [3.05, 3.63) is 42.0 Å². The molecule has 1 aliphatic carbocycles. The molecular formula is C21H23N3O4. The van der Waals surface area contributed by atoms with Crippen LogP contribution < -0.4 is 10.6 Å². The van der Waals surface area contributed by atoms with Gasteiger partial charge in [-0.05, 0) is 30.5 Å². The van der Waals surface area contributed by atoms with Crippen molar-refractivity contribution in [1.29, 1.82) is 0 Å². The third-order valence-electron chi connectivity index (χ3n) is 6.12. The predicted octanol–water partition coefficient (Wildman–Crippen LogP) is 0.858. The Labute approximate surface area is 163 Å². The number of nitrogens with zero attached hydrogens (tertiary/aromatic N) is 1. The highest BCUT2D eigenvalue weighted by Crippen LogP contribution is 2.51. The molecule has 1 aromatic rings. The van der Waals surface area contributed by atoms with E-state index >= 15 is 0 Å². The Kier molecular flexibility index (Phi) is 3.84. The van der Waals surface area contributed by atoms with Crippen molar-refractivity contribution < 1.29 is 19.1 Å². The molecule has 3 fully saturated rings. The summed E-state index contributed by atoms with van der Waals surface area (Å²) >= 11 is 0. The summed E-state index contributed by atoms with van der Waals surface area (Å²) in [4.78, 5) is 39.0. The van der Waals surface area contributed by atoms with Crippen LogP contribution in [0, 0.1) is 11.8 Å². The fourth-order valence-corrected chi connectivity index (χ4v) is 4.61. The quantitative estimate of drug-likeness (QED) is 0.741. The van der Waals surface area contributed by atoms with E-state index in [9.17, 15) is 14.4 Å². The van der Waals surface area contributed by atoms with Crippen molar-refractivity contribution in [2.24, 2.45) is 11.8 Å². The molecule has 5 rings (SSSR count). The van der Waals surface area contributed by atoms with Crippen molar-refractivity contribution in [2.75, 3.05) is 18.9 Å². The van der Waals surface area contributed by atoms with Crippen LogP contribution in [0.5, 0.6) is 0 Å². The van der Waals surface area contributed by atoms with Gasteiger partial charge in [-0.3, -0.25) is 14.4 Å². The highest BCUT2D eigenvalue weighted by molar-refractivity contribution is 5.99. The lowest BCUT2D eigenvalue weighted by Gasteiger charge is -2.23. The number of hydrogen-bond donors (Lipinski definition) is 2. The van der Waals surface area contributed by atoms with Gasteiger partial charge in [0.15, 0.2) is 0 Å². The average molecular weight is 381 g/mol. The molecule has 1 spiro atoms. The van der Waals surface area contributed by atoms with Gasteiger partial charge in [-0.15, -0.1) is 0 Å². The second-order valence-corrected chi connectivity index (χ2v) is 8.30. The number of ether oxygens (including phenoxy) is 1.